The van der Waals surface area contributed by atoms with Crippen molar-refractivity contribution in [2.24, 2.45) is 0 Å². The van der Waals surface area contributed by atoms with Crippen molar-refractivity contribution in [3.63, 3.8) is 0 Å². The lowest BCUT2D eigenvalue weighted by molar-refractivity contribution is 0.119. The minimum absolute atomic E-state index is 0.650. The fraction of sp³-hybridized carbons (Fsp3) is 0.368. The first-order valence-electron chi connectivity index (χ1n) is 8.30. The smallest absolute Gasteiger partial charge is 0.180 e. The van der Waals surface area contributed by atoms with Gasteiger partial charge >= 0.3 is 0 Å². The lowest BCUT2D eigenvalue weighted by Gasteiger charge is -2.11. The van der Waals surface area contributed by atoms with Crippen molar-refractivity contribution in [2.75, 3.05) is 20.0 Å². The minimum atomic E-state index is 0.650. The van der Waals surface area contributed by atoms with Gasteiger partial charge < -0.3 is 9.57 Å². The molecule has 25 heavy (non-hydrogen) atoms. The van der Waals surface area contributed by atoms with Crippen LogP contribution in [0.15, 0.2) is 29.4 Å². The van der Waals surface area contributed by atoms with Crippen LogP contribution in [-0.2, 0) is 0 Å². The van der Waals surface area contributed by atoms with Crippen molar-refractivity contribution in [3.05, 3.63) is 35.7 Å². The number of aromatic nitrogens is 3. The average Bonchev–Trinajstić information content (AvgIpc) is 2.96. The fourth-order valence-corrected chi connectivity index (χ4v) is 3.51. The van der Waals surface area contributed by atoms with Gasteiger partial charge in [-0.25, -0.2) is 9.97 Å². The molecule has 0 bridgehead atoms. The van der Waals surface area contributed by atoms with E-state index in [0.717, 1.165) is 44.8 Å². The van der Waals surface area contributed by atoms with Crippen LogP contribution in [0.1, 0.15) is 24.5 Å². The average molecular weight is 357 g/mol. The molecule has 0 amide bonds. The van der Waals surface area contributed by atoms with E-state index < -0.39 is 0 Å². The largest absolute Gasteiger partial charge is 0.496 e. The summed E-state index contributed by atoms with van der Waals surface area (Å²) in [6.45, 7) is 6.81. The van der Waals surface area contributed by atoms with Gasteiger partial charge in [0.05, 0.1) is 18.7 Å². The molecule has 0 radical (unpaired) electrons. The van der Waals surface area contributed by atoms with Crippen LogP contribution >= 0.6 is 11.8 Å². The molecule has 0 fully saturated rings. The molecule has 0 saturated carbocycles. The number of thioether (sulfide) groups is 1. The zero-order valence-electron chi connectivity index (χ0n) is 15.3. The van der Waals surface area contributed by atoms with Crippen LogP contribution in [0.5, 0.6) is 5.75 Å². The molecule has 2 heterocycles. The second kappa shape index (κ2) is 7.35. The number of fused-ring (bicyclic) bond motifs is 1. The summed E-state index contributed by atoms with van der Waals surface area (Å²) < 4.78 is 7.21. The molecule has 0 aliphatic carbocycles. The molecule has 0 spiro atoms. The molecule has 0 N–H and O–H groups in total. The van der Waals surface area contributed by atoms with E-state index in [2.05, 4.69) is 24.0 Å². The van der Waals surface area contributed by atoms with Gasteiger partial charge in [-0.05, 0) is 49.8 Å². The van der Waals surface area contributed by atoms with E-state index in [-0.39, 0.29) is 0 Å². The van der Waals surface area contributed by atoms with Crippen molar-refractivity contribution < 1.29 is 9.57 Å². The van der Waals surface area contributed by atoms with Crippen molar-refractivity contribution in [1.82, 2.24) is 14.7 Å². The Balaban J connectivity index is 2.12. The Morgan fingerprint density at radius 2 is 1.92 bits per heavy atom. The SMILES string of the molecule is CCCOn1cc(SC)c2cnc(-c3cc(C)c(OC)c(C)c3)nc21. The Bertz CT molecular complexity index is 882. The Morgan fingerprint density at radius 1 is 1.20 bits per heavy atom. The van der Waals surface area contributed by atoms with E-state index in [0.29, 0.717) is 12.4 Å². The molecule has 132 valence electrons. The van der Waals surface area contributed by atoms with E-state index in [1.165, 1.54) is 0 Å². The molecule has 1 aromatic carbocycles. The Labute approximate surface area is 152 Å². The Kier molecular flexibility index (Phi) is 5.18. The first-order valence-corrected chi connectivity index (χ1v) is 9.52. The summed E-state index contributed by atoms with van der Waals surface area (Å²) in [7, 11) is 1.69. The third-order valence-corrected chi connectivity index (χ3v) is 4.82. The molecule has 0 unspecified atom stereocenters. The molecule has 0 saturated heterocycles. The van der Waals surface area contributed by atoms with E-state index in [9.17, 15) is 0 Å². The highest BCUT2D eigenvalue weighted by Crippen LogP contribution is 2.31. The predicted octanol–water partition coefficient (Wildman–Crippen LogP) is 4.28. The predicted molar refractivity (Wildman–Crippen MR) is 103 cm³/mol. The number of benzene rings is 1. The van der Waals surface area contributed by atoms with Crippen molar-refractivity contribution in [2.45, 2.75) is 32.1 Å². The molecule has 6 heteroatoms. The van der Waals surface area contributed by atoms with Crippen molar-refractivity contribution in [3.8, 4) is 17.1 Å². The number of nitrogens with zero attached hydrogens (tertiary/aromatic N) is 3. The summed E-state index contributed by atoms with van der Waals surface area (Å²) in [5, 5.41) is 1.01. The van der Waals surface area contributed by atoms with Gasteiger partial charge in [0.2, 0.25) is 0 Å². The number of methoxy groups -OCH3 is 1. The maximum absolute atomic E-state index is 5.82. The molecule has 2 aromatic heterocycles. The third-order valence-electron chi connectivity index (χ3n) is 4.05. The number of hydrogen-bond acceptors (Lipinski definition) is 5. The number of hydrogen-bond donors (Lipinski definition) is 0. The van der Waals surface area contributed by atoms with Crippen LogP contribution < -0.4 is 9.57 Å². The van der Waals surface area contributed by atoms with Gasteiger partial charge in [0.15, 0.2) is 11.5 Å². The summed E-state index contributed by atoms with van der Waals surface area (Å²) >= 11 is 1.67. The highest BCUT2D eigenvalue weighted by atomic mass is 32.2. The summed E-state index contributed by atoms with van der Waals surface area (Å²) in [5.41, 5.74) is 3.92. The van der Waals surface area contributed by atoms with E-state index in [1.807, 2.05) is 32.5 Å². The van der Waals surface area contributed by atoms with Gasteiger partial charge in [0.25, 0.3) is 0 Å². The molecular formula is C19H23N3O2S. The van der Waals surface area contributed by atoms with Gasteiger partial charge in [-0.2, -0.15) is 4.73 Å². The standard InChI is InChI=1S/C19H23N3O2S/c1-6-7-24-22-11-16(25-5)15-10-20-18(21-19(15)22)14-8-12(2)17(23-4)13(3)9-14/h8-11H,6-7H2,1-5H3. The lowest BCUT2D eigenvalue weighted by atomic mass is 10.1. The molecule has 3 rings (SSSR count). The second-order valence-electron chi connectivity index (χ2n) is 5.93. The zero-order valence-corrected chi connectivity index (χ0v) is 16.1. The van der Waals surface area contributed by atoms with Gasteiger partial charge in [0.1, 0.15) is 12.4 Å². The second-order valence-corrected chi connectivity index (χ2v) is 6.78. The maximum atomic E-state index is 5.82. The van der Waals surface area contributed by atoms with Crippen LogP contribution in [0.25, 0.3) is 22.4 Å². The topological polar surface area (TPSA) is 49.2 Å². The van der Waals surface area contributed by atoms with Gasteiger partial charge in [-0.3, -0.25) is 0 Å². The quantitative estimate of drug-likeness (QED) is 0.616. The fourth-order valence-electron chi connectivity index (χ4n) is 2.94. The number of aryl methyl sites for hydroxylation is 2. The lowest BCUT2D eigenvalue weighted by Crippen LogP contribution is -2.11. The number of rotatable bonds is 6. The van der Waals surface area contributed by atoms with Crippen LogP contribution in [0.2, 0.25) is 0 Å². The molecule has 0 aliphatic heterocycles. The third kappa shape index (κ3) is 3.31. The van der Waals surface area contributed by atoms with Crippen LogP contribution in [0, 0.1) is 13.8 Å². The highest BCUT2D eigenvalue weighted by molar-refractivity contribution is 7.98. The Morgan fingerprint density at radius 3 is 2.52 bits per heavy atom. The van der Waals surface area contributed by atoms with E-state index >= 15 is 0 Å². The normalized spacial score (nSPS) is 11.1. The Hall–Kier alpha value is -2.21. The summed E-state index contributed by atoms with van der Waals surface area (Å²) in [4.78, 5) is 16.3. The molecular weight excluding hydrogens is 334 g/mol. The maximum Gasteiger partial charge on any atom is 0.180 e. The molecule has 0 aliphatic rings. The van der Waals surface area contributed by atoms with Crippen LogP contribution in [-0.4, -0.2) is 34.7 Å². The van der Waals surface area contributed by atoms with Crippen LogP contribution in [0.3, 0.4) is 0 Å². The van der Waals surface area contributed by atoms with Gasteiger partial charge in [-0.1, -0.05) is 6.92 Å². The molecule has 5 nitrogen and oxygen atoms in total. The van der Waals surface area contributed by atoms with E-state index in [4.69, 9.17) is 14.6 Å². The zero-order chi connectivity index (χ0) is 18.0. The number of ether oxygens (including phenoxy) is 1. The summed E-state index contributed by atoms with van der Waals surface area (Å²) in [6.07, 6.45) is 6.85. The van der Waals surface area contributed by atoms with Crippen molar-refractivity contribution >= 4 is 22.8 Å². The van der Waals surface area contributed by atoms with Crippen LogP contribution in [0.4, 0.5) is 0 Å². The minimum Gasteiger partial charge on any atom is -0.496 e. The van der Waals surface area contributed by atoms with E-state index in [1.54, 1.807) is 23.6 Å². The van der Waals surface area contributed by atoms with Gasteiger partial charge in [0, 0.05) is 16.7 Å². The highest BCUT2D eigenvalue weighted by Gasteiger charge is 2.14. The van der Waals surface area contributed by atoms with Gasteiger partial charge in [-0.15, -0.1) is 11.8 Å². The molecule has 3 aromatic rings. The first kappa shape index (κ1) is 17.6. The first-order chi connectivity index (χ1) is 12.1. The van der Waals surface area contributed by atoms with Crippen molar-refractivity contribution in [1.29, 1.82) is 0 Å². The summed E-state index contributed by atoms with van der Waals surface area (Å²) in [6, 6.07) is 4.12. The summed E-state index contributed by atoms with van der Waals surface area (Å²) in [5.74, 6) is 1.60. The monoisotopic (exact) mass is 357 g/mol. The molecule has 0 atom stereocenters.